The summed E-state index contributed by atoms with van der Waals surface area (Å²) in [5, 5.41) is 16.8. The highest BCUT2D eigenvalue weighted by atomic mass is 32.1. The molecule has 0 radical (unpaired) electrons. The molecule has 0 aliphatic heterocycles. The van der Waals surface area contributed by atoms with Crippen molar-refractivity contribution in [2.75, 3.05) is 0 Å². The second-order valence-electron chi connectivity index (χ2n) is 1.70. The molecule has 0 unspecified atom stereocenters. The van der Waals surface area contributed by atoms with E-state index in [2.05, 4.69) is 9.97 Å². The summed E-state index contributed by atoms with van der Waals surface area (Å²) >= 11 is 4.71. The van der Waals surface area contributed by atoms with Gasteiger partial charge in [0.15, 0.2) is 5.69 Å². The van der Waals surface area contributed by atoms with Gasteiger partial charge in [0.1, 0.15) is 22.5 Å². The summed E-state index contributed by atoms with van der Waals surface area (Å²) in [4.78, 5) is 6.19. The number of hydrogen-bond donors (Lipinski definition) is 1. The number of nitriles is 2. The smallest absolute Gasteiger partial charge is 0.175 e. The zero-order valence-corrected chi connectivity index (χ0v) is 6.14. The number of rotatable bonds is 0. The lowest BCUT2D eigenvalue weighted by atomic mass is 10.4. The van der Waals surface area contributed by atoms with E-state index in [-0.39, 0.29) is 16.0 Å². The van der Waals surface area contributed by atoms with E-state index in [0.717, 1.165) is 0 Å². The van der Waals surface area contributed by atoms with Crippen LogP contribution in [0.5, 0.6) is 0 Å². The van der Waals surface area contributed by atoms with E-state index in [4.69, 9.17) is 22.7 Å². The van der Waals surface area contributed by atoms with Crippen molar-refractivity contribution >= 4 is 12.2 Å². The molecule has 0 fully saturated rings. The Bertz CT molecular complexity index is 406. The lowest BCUT2D eigenvalue weighted by Gasteiger charge is -1.88. The van der Waals surface area contributed by atoms with Gasteiger partial charge < -0.3 is 4.98 Å². The number of aromatic nitrogens is 2. The lowest BCUT2D eigenvalue weighted by Crippen LogP contribution is -1.90. The Labute approximate surface area is 67.7 Å². The topological polar surface area (TPSA) is 76.3 Å². The van der Waals surface area contributed by atoms with Crippen LogP contribution in [0.25, 0.3) is 0 Å². The Morgan fingerprint density at radius 3 is 2.64 bits per heavy atom. The van der Waals surface area contributed by atoms with Gasteiger partial charge in [-0.2, -0.15) is 10.5 Å². The Kier molecular flexibility index (Phi) is 1.95. The predicted octanol–water partition coefficient (Wildman–Crippen LogP) is 0.883. The molecule has 1 heterocycles. The average molecular weight is 162 g/mol. The van der Waals surface area contributed by atoms with Crippen LogP contribution in [0.15, 0.2) is 6.20 Å². The molecule has 0 spiro atoms. The summed E-state index contributed by atoms with van der Waals surface area (Å²) in [7, 11) is 0. The van der Waals surface area contributed by atoms with E-state index in [0.29, 0.717) is 0 Å². The van der Waals surface area contributed by atoms with Gasteiger partial charge in [0.2, 0.25) is 0 Å². The standard InChI is InChI=1S/C6H2N4S/c7-1-4-3-9-5(2-8)6(11)10-4/h3H,(H,10,11). The zero-order valence-electron chi connectivity index (χ0n) is 5.33. The van der Waals surface area contributed by atoms with Crippen LogP contribution >= 0.6 is 12.2 Å². The minimum Gasteiger partial charge on any atom is -0.334 e. The Hall–Kier alpha value is -1.72. The van der Waals surface area contributed by atoms with Gasteiger partial charge in [-0.05, 0) is 0 Å². The molecule has 1 rings (SSSR count). The molecular weight excluding hydrogens is 160 g/mol. The summed E-state index contributed by atoms with van der Waals surface area (Å²) in [5.74, 6) is 0. The van der Waals surface area contributed by atoms with E-state index < -0.39 is 0 Å². The summed E-state index contributed by atoms with van der Waals surface area (Å²) in [6.07, 6.45) is 1.27. The van der Waals surface area contributed by atoms with Gasteiger partial charge in [0.05, 0.1) is 6.20 Å². The first-order chi connectivity index (χ1) is 5.27. The van der Waals surface area contributed by atoms with Crippen LogP contribution in [0.3, 0.4) is 0 Å². The fraction of sp³-hybridized carbons (Fsp3) is 0. The second kappa shape index (κ2) is 2.91. The third-order valence-corrected chi connectivity index (χ3v) is 1.31. The molecule has 0 saturated heterocycles. The molecule has 0 amide bonds. The highest BCUT2D eigenvalue weighted by Crippen LogP contribution is 1.95. The van der Waals surface area contributed by atoms with Crippen molar-refractivity contribution in [3.63, 3.8) is 0 Å². The summed E-state index contributed by atoms with van der Waals surface area (Å²) in [5.41, 5.74) is 0.396. The van der Waals surface area contributed by atoms with Crippen molar-refractivity contribution in [2.24, 2.45) is 0 Å². The van der Waals surface area contributed by atoms with Crippen LogP contribution in [0.1, 0.15) is 11.4 Å². The van der Waals surface area contributed by atoms with Crippen molar-refractivity contribution in [3.05, 3.63) is 22.2 Å². The van der Waals surface area contributed by atoms with Crippen LogP contribution in [-0.4, -0.2) is 9.97 Å². The van der Waals surface area contributed by atoms with Gasteiger partial charge in [0, 0.05) is 0 Å². The maximum atomic E-state index is 8.40. The molecule has 0 aliphatic rings. The zero-order chi connectivity index (χ0) is 8.27. The van der Waals surface area contributed by atoms with Gasteiger partial charge in [-0.15, -0.1) is 0 Å². The maximum absolute atomic E-state index is 8.40. The molecule has 0 aromatic carbocycles. The third kappa shape index (κ3) is 1.40. The number of hydrogen-bond acceptors (Lipinski definition) is 4. The van der Waals surface area contributed by atoms with Crippen LogP contribution in [0, 0.1) is 27.3 Å². The molecule has 0 bridgehead atoms. The fourth-order valence-corrected chi connectivity index (χ4v) is 0.746. The Balaban J connectivity index is 3.38. The molecule has 4 nitrogen and oxygen atoms in total. The van der Waals surface area contributed by atoms with Crippen LogP contribution < -0.4 is 0 Å². The lowest BCUT2D eigenvalue weighted by molar-refractivity contribution is 1.11. The maximum Gasteiger partial charge on any atom is 0.175 e. The van der Waals surface area contributed by atoms with E-state index in [1.807, 2.05) is 6.07 Å². The first-order valence-electron chi connectivity index (χ1n) is 2.67. The van der Waals surface area contributed by atoms with Crippen molar-refractivity contribution in [3.8, 4) is 12.1 Å². The average Bonchev–Trinajstić information content (AvgIpc) is 2.04. The number of nitrogens with one attached hydrogen (secondary N) is 1. The largest absolute Gasteiger partial charge is 0.334 e. The molecule has 1 aromatic rings. The normalized spacial score (nSPS) is 8.18. The first kappa shape index (κ1) is 7.39. The minimum absolute atomic E-state index is 0.138. The van der Waals surface area contributed by atoms with Crippen molar-refractivity contribution < 1.29 is 0 Å². The highest BCUT2D eigenvalue weighted by Gasteiger charge is 1.95. The van der Waals surface area contributed by atoms with Gasteiger partial charge >= 0.3 is 0 Å². The molecule has 52 valence electrons. The minimum atomic E-state index is 0.138. The van der Waals surface area contributed by atoms with Crippen LogP contribution in [0.4, 0.5) is 0 Å². The monoisotopic (exact) mass is 162 g/mol. The molecule has 11 heavy (non-hydrogen) atoms. The molecule has 0 aliphatic carbocycles. The van der Waals surface area contributed by atoms with Gasteiger partial charge in [0.25, 0.3) is 0 Å². The summed E-state index contributed by atoms with van der Waals surface area (Å²) in [6.45, 7) is 0. The van der Waals surface area contributed by atoms with Gasteiger partial charge in [-0.25, -0.2) is 4.98 Å². The number of nitrogens with zero attached hydrogens (tertiary/aromatic N) is 3. The number of aromatic amines is 1. The molecule has 0 saturated carbocycles. The van der Waals surface area contributed by atoms with Gasteiger partial charge in [-0.1, -0.05) is 12.2 Å². The summed E-state index contributed by atoms with van der Waals surface area (Å²) in [6, 6.07) is 3.62. The van der Waals surface area contributed by atoms with Crippen molar-refractivity contribution in [2.45, 2.75) is 0 Å². The molecule has 0 atom stereocenters. The van der Waals surface area contributed by atoms with Crippen molar-refractivity contribution in [1.82, 2.24) is 9.97 Å². The van der Waals surface area contributed by atoms with Crippen molar-refractivity contribution in [1.29, 1.82) is 10.5 Å². The quantitative estimate of drug-likeness (QED) is 0.574. The number of H-pyrrole nitrogens is 1. The van der Waals surface area contributed by atoms with Crippen LogP contribution in [0.2, 0.25) is 0 Å². The van der Waals surface area contributed by atoms with Crippen LogP contribution in [-0.2, 0) is 0 Å². The molecule has 1 aromatic heterocycles. The van der Waals surface area contributed by atoms with Gasteiger partial charge in [-0.3, -0.25) is 0 Å². The SMILES string of the molecule is N#Cc1cnc(C#N)c(=S)[nH]1. The van der Waals surface area contributed by atoms with E-state index in [1.54, 1.807) is 6.07 Å². The molecular formula is C6H2N4S. The van der Waals surface area contributed by atoms with E-state index >= 15 is 0 Å². The third-order valence-electron chi connectivity index (χ3n) is 1.01. The van der Waals surface area contributed by atoms with E-state index in [1.165, 1.54) is 6.20 Å². The molecule has 1 N–H and O–H groups in total. The predicted molar refractivity (Wildman–Crippen MR) is 38.9 cm³/mol. The Morgan fingerprint density at radius 1 is 1.45 bits per heavy atom. The van der Waals surface area contributed by atoms with E-state index in [9.17, 15) is 0 Å². The molecule has 5 heteroatoms. The highest BCUT2D eigenvalue weighted by molar-refractivity contribution is 7.71. The fourth-order valence-electron chi connectivity index (χ4n) is 0.538. The summed E-state index contributed by atoms with van der Waals surface area (Å²) < 4.78 is 0.201. The second-order valence-corrected chi connectivity index (χ2v) is 2.11. The Morgan fingerprint density at radius 2 is 2.18 bits per heavy atom. The first-order valence-corrected chi connectivity index (χ1v) is 3.08.